The van der Waals surface area contributed by atoms with Crippen molar-refractivity contribution < 1.29 is 4.20 Å². The van der Waals surface area contributed by atoms with Gasteiger partial charge in [0.15, 0.2) is 5.55 Å². The van der Waals surface area contributed by atoms with Gasteiger partial charge in [-0.2, -0.15) is 0 Å². The number of rotatable bonds is 1. The van der Waals surface area contributed by atoms with Crippen molar-refractivity contribution in [2.24, 2.45) is 0 Å². The summed E-state index contributed by atoms with van der Waals surface area (Å²) in [4.78, 5) is 0. The zero-order valence-corrected chi connectivity index (χ0v) is 7.17. The Bertz CT molecular complexity index is 191. The average Bonchev–Trinajstić information content (AvgIpc) is 2.08. The van der Waals surface area contributed by atoms with Gasteiger partial charge in [0.1, 0.15) is 0 Å². The van der Waals surface area contributed by atoms with Gasteiger partial charge in [-0.25, -0.2) is 4.20 Å². The van der Waals surface area contributed by atoms with Crippen LogP contribution in [0.15, 0.2) is 24.3 Å². The summed E-state index contributed by atoms with van der Waals surface area (Å²) in [5.41, 5.74) is -3.09. The summed E-state index contributed by atoms with van der Waals surface area (Å²) in [7, 11) is 0. The predicted molar refractivity (Wildman–Crippen MR) is 46.4 cm³/mol. The molecule has 1 atom stereocenters. The van der Waals surface area contributed by atoms with E-state index < -0.39 is 5.55 Å². The van der Waals surface area contributed by atoms with Gasteiger partial charge in [-0.15, -0.1) is 12.2 Å². The molecule has 1 rings (SSSR count). The molecule has 0 spiro atoms. The molecule has 4 heteroatoms. The molecular weight excluding hydrogens is 174 g/mol. The van der Waals surface area contributed by atoms with Gasteiger partial charge >= 0.3 is 0 Å². The molecule has 0 radical (unpaired) electrons. The molecule has 0 saturated carbocycles. The Morgan fingerprint density at radius 1 is 1.44 bits per heavy atom. The van der Waals surface area contributed by atoms with Gasteiger partial charge in [0, 0.05) is 0 Å². The van der Waals surface area contributed by atoms with Crippen LogP contribution in [0.1, 0.15) is 0 Å². The van der Waals surface area contributed by atoms with Crippen LogP contribution >= 0.6 is 17.8 Å². The van der Waals surface area contributed by atoms with Crippen LogP contribution in [0.3, 0.4) is 0 Å². The molecule has 0 nitrogen and oxygen atoms in total. The molecule has 0 heterocycles. The lowest BCUT2D eigenvalue weighted by molar-refractivity contribution is 0.901. The van der Waals surface area contributed by atoms with Crippen molar-refractivity contribution in [2.45, 2.75) is 5.66 Å². The molecule has 0 fully saturated rings. The summed E-state index contributed by atoms with van der Waals surface area (Å²) < 4.78 is 12.8. The number of hydrogen-bond donors (Lipinski definition) is 1. The Morgan fingerprint density at radius 2 is 1.89 bits per heavy atom. The molecular formula is C5H6FPS2. The Morgan fingerprint density at radius 3 is 2.11 bits per heavy atom. The summed E-state index contributed by atoms with van der Waals surface area (Å²) in [6.45, 7) is 0. The molecule has 0 bridgehead atoms. The number of halogens is 1. The standard InChI is InChI=1S/C5H6FPS2/c6-7(8,9)5-3-1-2-4-5/h1-5H,(H,8,9). The van der Waals surface area contributed by atoms with E-state index in [0.717, 1.165) is 0 Å². The Hall–Kier alpha value is 0.410. The van der Waals surface area contributed by atoms with Crippen LogP contribution in [0, 0.1) is 0 Å². The van der Waals surface area contributed by atoms with E-state index in [9.17, 15) is 4.20 Å². The summed E-state index contributed by atoms with van der Waals surface area (Å²) in [6.07, 6.45) is 7.07. The fourth-order valence-corrected chi connectivity index (χ4v) is 2.14. The summed E-state index contributed by atoms with van der Waals surface area (Å²) in [6, 6.07) is 0. The van der Waals surface area contributed by atoms with E-state index in [1.54, 1.807) is 24.3 Å². The van der Waals surface area contributed by atoms with Crippen molar-refractivity contribution in [3.63, 3.8) is 0 Å². The maximum absolute atomic E-state index is 12.8. The van der Waals surface area contributed by atoms with Crippen LogP contribution in [-0.2, 0) is 11.8 Å². The third kappa shape index (κ3) is 1.92. The van der Waals surface area contributed by atoms with E-state index in [2.05, 4.69) is 24.1 Å². The second-order valence-electron chi connectivity index (χ2n) is 1.81. The molecule has 1 aliphatic carbocycles. The average molecular weight is 180 g/mol. The maximum Gasteiger partial charge on any atom is 0.173 e. The van der Waals surface area contributed by atoms with Gasteiger partial charge in [0.05, 0.1) is 5.66 Å². The minimum Gasteiger partial charge on any atom is -0.206 e. The summed E-state index contributed by atoms with van der Waals surface area (Å²) in [5, 5.41) is 0. The zero-order valence-electron chi connectivity index (χ0n) is 4.57. The third-order valence-corrected chi connectivity index (χ3v) is 3.71. The Balaban J connectivity index is 2.76. The van der Waals surface area contributed by atoms with Crippen molar-refractivity contribution in [1.29, 1.82) is 0 Å². The second-order valence-corrected chi connectivity index (χ2v) is 7.64. The minimum atomic E-state index is -2.86. The van der Waals surface area contributed by atoms with E-state index in [-0.39, 0.29) is 5.66 Å². The number of hydrogen-bond acceptors (Lipinski definition) is 1. The van der Waals surface area contributed by atoms with E-state index >= 15 is 0 Å². The first kappa shape index (κ1) is 7.52. The lowest BCUT2D eigenvalue weighted by Crippen LogP contribution is -1.88. The fourth-order valence-electron chi connectivity index (χ4n) is 0.632. The second kappa shape index (κ2) is 2.57. The molecule has 0 aromatic carbocycles. The van der Waals surface area contributed by atoms with Gasteiger partial charge in [-0.3, -0.25) is 0 Å². The van der Waals surface area contributed by atoms with Crippen molar-refractivity contribution >= 4 is 29.6 Å². The van der Waals surface area contributed by atoms with Gasteiger partial charge in [-0.1, -0.05) is 24.3 Å². The van der Waals surface area contributed by atoms with Crippen molar-refractivity contribution in [2.75, 3.05) is 0 Å². The lowest BCUT2D eigenvalue weighted by Gasteiger charge is -2.07. The van der Waals surface area contributed by atoms with Crippen molar-refractivity contribution in [3.8, 4) is 0 Å². The van der Waals surface area contributed by atoms with E-state index in [1.165, 1.54) is 0 Å². The highest BCUT2D eigenvalue weighted by atomic mass is 32.9. The van der Waals surface area contributed by atoms with Crippen LogP contribution < -0.4 is 0 Å². The Kier molecular flexibility index (Phi) is 2.14. The third-order valence-electron chi connectivity index (χ3n) is 1.10. The molecule has 50 valence electrons. The SMILES string of the molecule is FP(=S)(S)C1C=CC=C1. The lowest BCUT2D eigenvalue weighted by atomic mass is 10.5. The molecule has 9 heavy (non-hydrogen) atoms. The fraction of sp³-hybridized carbons (Fsp3) is 0.200. The van der Waals surface area contributed by atoms with Gasteiger partial charge in [0.2, 0.25) is 0 Å². The molecule has 0 aromatic heterocycles. The van der Waals surface area contributed by atoms with Gasteiger partial charge in [-0.05, 0) is 11.8 Å². The monoisotopic (exact) mass is 180 g/mol. The first-order valence-corrected chi connectivity index (χ1v) is 6.39. The van der Waals surface area contributed by atoms with E-state index in [0.29, 0.717) is 0 Å². The zero-order chi connectivity index (χ0) is 6.91. The van der Waals surface area contributed by atoms with Crippen molar-refractivity contribution in [3.05, 3.63) is 24.3 Å². The van der Waals surface area contributed by atoms with Crippen LogP contribution in [0.5, 0.6) is 0 Å². The highest BCUT2D eigenvalue weighted by Crippen LogP contribution is 2.59. The topological polar surface area (TPSA) is 0 Å². The van der Waals surface area contributed by atoms with E-state index in [1.807, 2.05) is 0 Å². The molecule has 0 aliphatic heterocycles. The van der Waals surface area contributed by atoms with Crippen LogP contribution in [0.25, 0.3) is 0 Å². The molecule has 0 aromatic rings. The highest BCUT2D eigenvalue weighted by molar-refractivity contribution is 8.61. The van der Waals surface area contributed by atoms with Crippen LogP contribution in [0.2, 0.25) is 0 Å². The normalized spacial score (nSPS) is 24.7. The van der Waals surface area contributed by atoms with Crippen molar-refractivity contribution in [1.82, 2.24) is 0 Å². The van der Waals surface area contributed by atoms with E-state index in [4.69, 9.17) is 0 Å². The van der Waals surface area contributed by atoms with Gasteiger partial charge < -0.3 is 0 Å². The smallest absolute Gasteiger partial charge is 0.173 e. The largest absolute Gasteiger partial charge is 0.206 e. The minimum absolute atomic E-state index is 0.226. The predicted octanol–water partition coefficient (Wildman–Crippen LogP) is 2.69. The van der Waals surface area contributed by atoms with Gasteiger partial charge in [0.25, 0.3) is 0 Å². The Labute approximate surface area is 64.1 Å². The number of allylic oxidation sites excluding steroid dienone is 4. The maximum atomic E-state index is 12.8. The van der Waals surface area contributed by atoms with Crippen LogP contribution in [-0.4, -0.2) is 5.66 Å². The van der Waals surface area contributed by atoms with Crippen LogP contribution in [0.4, 0.5) is 4.20 Å². The summed E-state index contributed by atoms with van der Waals surface area (Å²) in [5.74, 6) is 0. The molecule has 0 saturated heterocycles. The number of thiol groups is 1. The highest BCUT2D eigenvalue weighted by Gasteiger charge is 2.20. The first-order chi connectivity index (χ1) is 4.11. The first-order valence-electron chi connectivity index (χ1n) is 2.48. The quantitative estimate of drug-likeness (QED) is 0.478. The molecule has 1 aliphatic rings. The molecule has 1 unspecified atom stereocenters. The molecule has 0 N–H and O–H groups in total. The molecule has 0 amide bonds. The summed E-state index contributed by atoms with van der Waals surface area (Å²) >= 11 is 8.26.